The number of nitrogens with one attached hydrogen (secondary N) is 1. The highest BCUT2D eigenvalue weighted by atomic mass is 16.5. The Bertz CT molecular complexity index is 1080. The summed E-state index contributed by atoms with van der Waals surface area (Å²) in [5, 5.41) is 23.0. The van der Waals surface area contributed by atoms with Crippen molar-refractivity contribution in [2.75, 3.05) is 13.2 Å². The lowest BCUT2D eigenvalue weighted by Gasteiger charge is -2.20. The molecule has 0 aliphatic carbocycles. The maximum atomic E-state index is 12.4. The summed E-state index contributed by atoms with van der Waals surface area (Å²) < 4.78 is 5.48. The van der Waals surface area contributed by atoms with Gasteiger partial charge in [0.25, 0.3) is 0 Å². The average molecular weight is 973 g/mol. The fraction of sp³-hybridized carbons (Fsp3) is 0.905. The topological polar surface area (TPSA) is 95.9 Å². The van der Waals surface area contributed by atoms with Gasteiger partial charge in [0, 0.05) is 12.8 Å². The van der Waals surface area contributed by atoms with Crippen molar-refractivity contribution < 1.29 is 24.5 Å². The third-order valence-corrected chi connectivity index (χ3v) is 14.5. The van der Waals surface area contributed by atoms with Gasteiger partial charge in [-0.1, -0.05) is 295 Å². The molecule has 69 heavy (non-hydrogen) atoms. The van der Waals surface area contributed by atoms with Crippen LogP contribution in [-0.4, -0.2) is 47.4 Å². The Kier molecular flexibility index (Phi) is 57.5. The lowest BCUT2D eigenvalue weighted by Crippen LogP contribution is -2.45. The van der Waals surface area contributed by atoms with Crippen molar-refractivity contribution in [2.24, 2.45) is 0 Å². The number of carbonyl (C=O) groups is 2. The van der Waals surface area contributed by atoms with Crippen molar-refractivity contribution in [2.45, 2.75) is 353 Å². The molecule has 408 valence electrons. The van der Waals surface area contributed by atoms with Crippen LogP contribution in [0.1, 0.15) is 341 Å². The molecule has 2 unspecified atom stereocenters. The second kappa shape index (κ2) is 58.9. The lowest BCUT2D eigenvalue weighted by molar-refractivity contribution is -0.143. The molecule has 0 saturated heterocycles. The minimum atomic E-state index is -0.840. The molecular formula is C63H121NO5. The number of amides is 1. The molecule has 6 nitrogen and oxygen atoms in total. The summed E-state index contributed by atoms with van der Waals surface area (Å²) in [6, 6.07) is -0.623. The standard InChI is InChI=1S/C63H121NO5/c1-3-5-7-9-11-13-15-16-34-37-41-45-49-53-57-63(68)69-58-54-50-46-42-38-35-32-30-28-26-24-22-20-18-17-19-21-23-25-27-29-31-33-36-40-44-48-52-56-62(67)64-60(59-65)61(66)55-51-47-43-39-14-12-10-8-6-4-2/h15-16,51,55,60-61,65-66H,3-14,17-50,52-54,56-59H2,1-2H3,(H,64,67)/b16-15-,55-51+. The smallest absolute Gasteiger partial charge is 0.305 e. The Hall–Kier alpha value is -1.66. The van der Waals surface area contributed by atoms with Crippen LogP contribution in [0.5, 0.6) is 0 Å². The minimum Gasteiger partial charge on any atom is -0.466 e. The molecule has 3 N–H and O–H groups in total. The molecule has 0 aromatic heterocycles. The molecule has 6 heteroatoms. The second-order valence-corrected chi connectivity index (χ2v) is 21.4. The molecule has 0 radical (unpaired) electrons. The first-order valence-corrected chi connectivity index (χ1v) is 31.1. The number of aliphatic hydroxyl groups is 2. The molecule has 0 aliphatic heterocycles. The molecule has 0 aromatic rings. The van der Waals surface area contributed by atoms with Gasteiger partial charge in [0.1, 0.15) is 0 Å². The Balaban J connectivity index is 3.33. The van der Waals surface area contributed by atoms with Gasteiger partial charge < -0.3 is 20.3 Å². The first-order chi connectivity index (χ1) is 34.0. The Morgan fingerprint density at radius 1 is 0.391 bits per heavy atom. The fourth-order valence-electron chi connectivity index (χ4n) is 9.69. The third kappa shape index (κ3) is 55.5. The largest absolute Gasteiger partial charge is 0.466 e. The zero-order chi connectivity index (χ0) is 50.0. The van der Waals surface area contributed by atoms with Crippen LogP contribution in [0.25, 0.3) is 0 Å². The van der Waals surface area contributed by atoms with Gasteiger partial charge in [-0.25, -0.2) is 0 Å². The Morgan fingerprint density at radius 3 is 1.03 bits per heavy atom. The van der Waals surface area contributed by atoms with Crippen molar-refractivity contribution in [3.05, 3.63) is 24.3 Å². The molecule has 0 spiro atoms. The number of rotatable bonds is 58. The third-order valence-electron chi connectivity index (χ3n) is 14.5. The number of carbonyl (C=O) groups excluding carboxylic acids is 2. The van der Waals surface area contributed by atoms with E-state index >= 15 is 0 Å². The monoisotopic (exact) mass is 972 g/mol. The van der Waals surface area contributed by atoms with Crippen molar-refractivity contribution in [1.82, 2.24) is 5.32 Å². The molecular weight excluding hydrogens is 851 g/mol. The van der Waals surface area contributed by atoms with Crippen LogP contribution in [0.15, 0.2) is 24.3 Å². The van der Waals surface area contributed by atoms with Gasteiger partial charge >= 0.3 is 5.97 Å². The van der Waals surface area contributed by atoms with Gasteiger partial charge in [-0.15, -0.1) is 0 Å². The van der Waals surface area contributed by atoms with Crippen LogP contribution in [0.2, 0.25) is 0 Å². The van der Waals surface area contributed by atoms with Crippen LogP contribution in [0, 0.1) is 0 Å². The molecule has 0 fully saturated rings. The van der Waals surface area contributed by atoms with Gasteiger partial charge in [-0.3, -0.25) is 9.59 Å². The van der Waals surface area contributed by atoms with Gasteiger partial charge in [0.15, 0.2) is 0 Å². The molecule has 0 bridgehead atoms. The minimum absolute atomic E-state index is 0.00995. The van der Waals surface area contributed by atoms with Crippen LogP contribution in [0.3, 0.4) is 0 Å². The predicted molar refractivity (Wildman–Crippen MR) is 301 cm³/mol. The first-order valence-electron chi connectivity index (χ1n) is 31.1. The predicted octanol–water partition coefficient (Wildman–Crippen LogP) is 19.4. The first kappa shape index (κ1) is 67.3. The maximum Gasteiger partial charge on any atom is 0.305 e. The van der Waals surface area contributed by atoms with E-state index in [1.54, 1.807) is 6.08 Å². The van der Waals surface area contributed by atoms with E-state index in [0.29, 0.717) is 19.4 Å². The van der Waals surface area contributed by atoms with Gasteiger partial charge in [0.05, 0.1) is 25.4 Å². The van der Waals surface area contributed by atoms with Gasteiger partial charge in [0.2, 0.25) is 5.91 Å². The van der Waals surface area contributed by atoms with Crippen molar-refractivity contribution in [3.8, 4) is 0 Å². The Morgan fingerprint density at radius 2 is 0.681 bits per heavy atom. The molecule has 0 heterocycles. The van der Waals surface area contributed by atoms with E-state index in [4.69, 9.17) is 4.74 Å². The number of esters is 1. The summed E-state index contributed by atoms with van der Waals surface area (Å²) in [4.78, 5) is 24.4. The molecule has 0 aromatic carbocycles. The summed E-state index contributed by atoms with van der Waals surface area (Å²) in [6.07, 6.45) is 72.4. The highest BCUT2D eigenvalue weighted by Crippen LogP contribution is 2.18. The quantitative estimate of drug-likeness (QED) is 0.0321. The normalized spacial score (nSPS) is 12.7. The summed E-state index contributed by atoms with van der Waals surface area (Å²) >= 11 is 0. The molecule has 0 saturated carbocycles. The van der Waals surface area contributed by atoms with Crippen LogP contribution in [-0.2, 0) is 14.3 Å². The van der Waals surface area contributed by atoms with Crippen LogP contribution in [0.4, 0.5) is 0 Å². The molecule has 0 rings (SSSR count). The van der Waals surface area contributed by atoms with E-state index in [1.165, 1.54) is 270 Å². The molecule has 1 amide bonds. The summed E-state index contributed by atoms with van der Waals surface area (Å²) in [6.45, 7) is 4.89. The highest BCUT2D eigenvalue weighted by molar-refractivity contribution is 5.76. The Labute approximate surface area is 431 Å². The van der Waals surface area contributed by atoms with E-state index in [1.807, 2.05) is 6.08 Å². The number of hydrogen-bond donors (Lipinski definition) is 3. The number of aliphatic hydroxyl groups excluding tert-OH is 2. The van der Waals surface area contributed by atoms with E-state index < -0.39 is 12.1 Å². The van der Waals surface area contributed by atoms with Gasteiger partial charge in [-0.05, 0) is 57.8 Å². The zero-order valence-corrected chi connectivity index (χ0v) is 46.6. The van der Waals surface area contributed by atoms with Crippen LogP contribution >= 0.6 is 0 Å². The number of allylic oxidation sites excluding steroid dienone is 3. The highest BCUT2D eigenvalue weighted by Gasteiger charge is 2.18. The van der Waals surface area contributed by atoms with Crippen LogP contribution < -0.4 is 5.32 Å². The van der Waals surface area contributed by atoms with Crippen molar-refractivity contribution in [3.63, 3.8) is 0 Å². The molecule has 0 aliphatic rings. The van der Waals surface area contributed by atoms with Crippen molar-refractivity contribution >= 4 is 11.9 Å². The number of hydrogen-bond acceptors (Lipinski definition) is 5. The van der Waals surface area contributed by atoms with E-state index in [9.17, 15) is 19.8 Å². The zero-order valence-electron chi connectivity index (χ0n) is 46.6. The summed E-state index contributed by atoms with van der Waals surface area (Å²) in [7, 11) is 0. The summed E-state index contributed by atoms with van der Waals surface area (Å²) in [5.74, 6) is -0.0559. The SMILES string of the molecule is CCCCCCC/C=C\CCCCCCCC(=O)OCCCCCCCCCCCCCCCCCCCCCCCCCCCCCCC(=O)NC(CO)C(O)/C=C/CCCCCCCCCC. The van der Waals surface area contributed by atoms with E-state index in [2.05, 4.69) is 31.3 Å². The lowest BCUT2D eigenvalue weighted by atomic mass is 10.0. The van der Waals surface area contributed by atoms with E-state index in [0.717, 1.165) is 44.9 Å². The molecule has 2 atom stereocenters. The number of ether oxygens (including phenoxy) is 1. The summed E-state index contributed by atoms with van der Waals surface area (Å²) in [5.41, 5.74) is 0. The average Bonchev–Trinajstić information content (AvgIpc) is 3.35. The van der Waals surface area contributed by atoms with Crippen molar-refractivity contribution in [1.29, 1.82) is 0 Å². The number of unbranched alkanes of at least 4 members (excludes halogenated alkanes) is 45. The van der Waals surface area contributed by atoms with Gasteiger partial charge in [-0.2, -0.15) is 0 Å². The fourth-order valence-corrected chi connectivity index (χ4v) is 9.69. The maximum absolute atomic E-state index is 12.4. The second-order valence-electron chi connectivity index (χ2n) is 21.4. The van der Waals surface area contributed by atoms with E-state index in [-0.39, 0.29) is 18.5 Å².